The lowest BCUT2D eigenvalue weighted by molar-refractivity contribution is -0.144. The van der Waals surface area contributed by atoms with Crippen LogP contribution in [0.25, 0.3) is 0 Å². The predicted octanol–water partition coefficient (Wildman–Crippen LogP) is 2.93. The molecule has 0 aromatic carbocycles. The van der Waals surface area contributed by atoms with Gasteiger partial charge >= 0.3 is 12.4 Å². The minimum absolute atomic E-state index is 0.180. The zero-order valence-electron chi connectivity index (χ0n) is 7.36. The Morgan fingerprint density at radius 1 is 0.938 bits per heavy atom. The molecule has 1 heterocycles. The fourth-order valence-electron chi connectivity index (χ4n) is 1.05. The molecule has 0 bridgehead atoms. The number of halogens is 6. The molecule has 16 heavy (non-hydrogen) atoms. The summed E-state index contributed by atoms with van der Waals surface area (Å²) in [6.07, 6.45) is -10.2. The number of hydrogen-bond donors (Lipinski definition) is 0. The molecule has 0 N–H and O–H groups in total. The van der Waals surface area contributed by atoms with Crippen LogP contribution in [0.5, 0.6) is 0 Å². The molecule has 8 heteroatoms. The summed E-state index contributed by atoms with van der Waals surface area (Å²) in [5, 5.41) is 0. The largest absolute Gasteiger partial charge is 0.418 e. The molecule has 1 aromatic rings. The van der Waals surface area contributed by atoms with E-state index in [1.54, 1.807) is 0 Å². The van der Waals surface area contributed by atoms with E-state index < -0.39 is 35.3 Å². The Morgan fingerprint density at radius 2 is 1.31 bits per heavy atom. The van der Waals surface area contributed by atoms with Gasteiger partial charge in [0.25, 0.3) is 0 Å². The first-order valence-corrected chi connectivity index (χ1v) is 3.75. The Morgan fingerprint density at radius 3 is 1.56 bits per heavy atom. The summed E-state index contributed by atoms with van der Waals surface area (Å²) < 4.78 is 73.4. The Balaban J connectivity index is 3.51. The molecule has 0 fully saturated rings. The lowest BCUT2D eigenvalue weighted by Gasteiger charge is -2.13. The molecule has 0 unspecified atom stereocenters. The van der Waals surface area contributed by atoms with E-state index in [1.165, 1.54) is 0 Å². The molecule has 1 rings (SSSR count). The maximum absolute atomic E-state index is 12.2. The molecule has 0 aliphatic rings. The summed E-state index contributed by atoms with van der Waals surface area (Å²) >= 11 is 0. The van der Waals surface area contributed by atoms with Crippen molar-refractivity contribution in [1.29, 1.82) is 0 Å². The third kappa shape index (κ3) is 2.31. The fraction of sp³-hybridized carbons (Fsp3) is 0.250. The van der Waals surface area contributed by atoms with Gasteiger partial charge in [0.15, 0.2) is 6.29 Å². The van der Waals surface area contributed by atoms with E-state index in [4.69, 9.17) is 0 Å². The summed E-state index contributed by atoms with van der Waals surface area (Å²) in [5.41, 5.74) is -4.84. The minimum Gasteiger partial charge on any atom is -0.298 e. The van der Waals surface area contributed by atoms with Gasteiger partial charge in [0.1, 0.15) is 0 Å². The Hall–Kier alpha value is -1.60. The van der Waals surface area contributed by atoms with Gasteiger partial charge in [-0.2, -0.15) is 26.3 Å². The van der Waals surface area contributed by atoms with E-state index in [0.29, 0.717) is 0 Å². The smallest absolute Gasteiger partial charge is 0.298 e. The van der Waals surface area contributed by atoms with Crippen LogP contribution in [-0.2, 0) is 12.4 Å². The highest BCUT2D eigenvalue weighted by atomic mass is 19.4. The lowest BCUT2D eigenvalue weighted by atomic mass is 10.1. The summed E-state index contributed by atoms with van der Waals surface area (Å²) in [7, 11) is 0. The second-order valence-corrected chi connectivity index (χ2v) is 2.76. The number of aromatic nitrogens is 1. The van der Waals surface area contributed by atoms with Crippen molar-refractivity contribution >= 4 is 6.29 Å². The number of carbonyl (C=O) groups excluding carboxylic acids is 1. The molecular weight excluding hydrogens is 240 g/mol. The number of aldehydes is 1. The van der Waals surface area contributed by atoms with Crippen LogP contribution in [-0.4, -0.2) is 11.3 Å². The van der Waals surface area contributed by atoms with Crippen LogP contribution in [0.1, 0.15) is 21.5 Å². The first-order chi connectivity index (χ1) is 7.18. The average molecular weight is 243 g/mol. The van der Waals surface area contributed by atoms with Crippen molar-refractivity contribution in [3.63, 3.8) is 0 Å². The van der Waals surface area contributed by atoms with Crippen molar-refractivity contribution in [1.82, 2.24) is 4.98 Å². The summed E-state index contributed by atoms with van der Waals surface area (Å²) in [5.74, 6) is 0. The van der Waals surface area contributed by atoms with E-state index >= 15 is 0 Å². The molecule has 0 saturated carbocycles. The molecule has 1 aromatic heterocycles. The van der Waals surface area contributed by atoms with Crippen LogP contribution in [0.2, 0.25) is 0 Å². The third-order valence-corrected chi connectivity index (χ3v) is 1.72. The van der Waals surface area contributed by atoms with Gasteiger partial charge in [-0.3, -0.25) is 9.78 Å². The third-order valence-electron chi connectivity index (χ3n) is 1.72. The monoisotopic (exact) mass is 243 g/mol. The highest BCUT2D eigenvalue weighted by Gasteiger charge is 2.41. The molecule has 0 spiro atoms. The number of pyridine rings is 1. The first kappa shape index (κ1) is 12.5. The van der Waals surface area contributed by atoms with Crippen LogP contribution in [0.4, 0.5) is 26.3 Å². The van der Waals surface area contributed by atoms with Gasteiger partial charge in [-0.1, -0.05) is 0 Å². The van der Waals surface area contributed by atoms with E-state index in [2.05, 4.69) is 4.98 Å². The summed E-state index contributed by atoms with van der Waals surface area (Å²) in [4.78, 5) is 13.1. The Bertz CT molecular complexity index is 376. The summed E-state index contributed by atoms with van der Waals surface area (Å²) in [6, 6.07) is 0. The fourth-order valence-corrected chi connectivity index (χ4v) is 1.05. The topological polar surface area (TPSA) is 30.0 Å². The maximum atomic E-state index is 12.2. The van der Waals surface area contributed by atoms with E-state index in [9.17, 15) is 31.1 Å². The quantitative estimate of drug-likeness (QED) is 0.560. The standard InChI is InChI=1S/C8H3F6NO/c9-7(10,11)5-1-15-2-6(4(5)3-16)8(12,13)14/h1-3H. The van der Waals surface area contributed by atoms with Gasteiger partial charge in [0.05, 0.1) is 11.1 Å². The van der Waals surface area contributed by atoms with Crippen molar-refractivity contribution in [2.24, 2.45) is 0 Å². The normalized spacial score (nSPS) is 12.6. The van der Waals surface area contributed by atoms with Gasteiger partial charge in [0.2, 0.25) is 0 Å². The molecule has 2 nitrogen and oxygen atoms in total. The van der Waals surface area contributed by atoms with E-state index in [-0.39, 0.29) is 12.4 Å². The van der Waals surface area contributed by atoms with Gasteiger partial charge in [-0.15, -0.1) is 0 Å². The van der Waals surface area contributed by atoms with Crippen molar-refractivity contribution in [3.8, 4) is 0 Å². The number of hydrogen-bond acceptors (Lipinski definition) is 2. The minimum atomic E-state index is -5.05. The molecule has 0 amide bonds. The maximum Gasteiger partial charge on any atom is 0.418 e. The molecule has 0 aliphatic heterocycles. The number of nitrogens with zero attached hydrogens (tertiary/aromatic N) is 1. The summed E-state index contributed by atoms with van der Waals surface area (Å²) in [6.45, 7) is 0. The number of carbonyl (C=O) groups is 1. The van der Waals surface area contributed by atoms with E-state index in [0.717, 1.165) is 0 Å². The highest BCUT2D eigenvalue weighted by molar-refractivity contribution is 5.80. The van der Waals surface area contributed by atoms with Crippen molar-refractivity contribution in [2.45, 2.75) is 12.4 Å². The van der Waals surface area contributed by atoms with Gasteiger partial charge < -0.3 is 0 Å². The van der Waals surface area contributed by atoms with Gasteiger partial charge in [-0.05, 0) is 0 Å². The first-order valence-electron chi connectivity index (χ1n) is 3.75. The van der Waals surface area contributed by atoms with Gasteiger partial charge in [0, 0.05) is 18.0 Å². The number of rotatable bonds is 1. The van der Waals surface area contributed by atoms with Crippen molar-refractivity contribution in [2.75, 3.05) is 0 Å². The van der Waals surface area contributed by atoms with Crippen LogP contribution in [0.3, 0.4) is 0 Å². The average Bonchev–Trinajstić information content (AvgIpc) is 2.13. The van der Waals surface area contributed by atoms with Crippen molar-refractivity contribution in [3.05, 3.63) is 29.1 Å². The Kier molecular flexibility index (Phi) is 2.93. The molecule has 0 atom stereocenters. The SMILES string of the molecule is O=Cc1c(C(F)(F)F)cncc1C(F)(F)F. The molecular formula is C8H3F6NO. The molecule has 0 radical (unpaired) electrons. The zero-order chi connectivity index (χ0) is 12.6. The molecule has 0 saturated heterocycles. The second kappa shape index (κ2) is 3.76. The van der Waals surface area contributed by atoms with Crippen LogP contribution < -0.4 is 0 Å². The lowest BCUT2D eigenvalue weighted by Crippen LogP contribution is -2.16. The predicted molar refractivity (Wildman–Crippen MR) is 39.6 cm³/mol. The Labute approximate surface area is 84.9 Å². The second-order valence-electron chi connectivity index (χ2n) is 2.76. The zero-order valence-corrected chi connectivity index (χ0v) is 7.36. The molecule has 88 valence electrons. The van der Waals surface area contributed by atoms with Crippen molar-refractivity contribution < 1.29 is 31.1 Å². The van der Waals surface area contributed by atoms with Crippen LogP contribution in [0.15, 0.2) is 12.4 Å². The number of alkyl halides is 6. The van der Waals surface area contributed by atoms with E-state index in [1.807, 2.05) is 0 Å². The van der Waals surface area contributed by atoms with Crippen LogP contribution in [0, 0.1) is 0 Å². The highest BCUT2D eigenvalue weighted by Crippen LogP contribution is 2.37. The van der Waals surface area contributed by atoms with Crippen LogP contribution >= 0.6 is 0 Å². The molecule has 0 aliphatic carbocycles. The van der Waals surface area contributed by atoms with Gasteiger partial charge in [-0.25, -0.2) is 0 Å².